The van der Waals surface area contributed by atoms with E-state index in [4.69, 9.17) is 4.74 Å². The number of hydrogen-bond donors (Lipinski definition) is 2. The highest BCUT2D eigenvalue weighted by atomic mass is 19.1. The number of rotatable bonds is 4. The number of hydrogen-bond acceptors (Lipinski definition) is 4. The van der Waals surface area contributed by atoms with Crippen LogP contribution in [0.5, 0.6) is 0 Å². The summed E-state index contributed by atoms with van der Waals surface area (Å²) in [5, 5.41) is 3.37. The highest BCUT2D eigenvalue weighted by Gasteiger charge is 2.23. The van der Waals surface area contributed by atoms with Crippen molar-refractivity contribution in [1.29, 1.82) is 0 Å². The van der Waals surface area contributed by atoms with E-state index in [2.05, 4.69) is 20.3 Å². The second-order valence-electron chi connectivity index (χ2n) is 7.22. The van der Waals surface area contributed by atoms with Crippen molar-refractivity contribution in [2.45, 2.75) is 39.2 Å². The molecule has 146 valence electrons. The molecule has 3 aromatic rings. The highest BCUT2D eigenvalue weighted by Crippen LogP contribution is 2.34. The molecule has 0 bridgehead atoms. The average Bonchev–Trinajstić information content (AvgIpc) is 3.05. The van der Waals surface area contributed by atoms with E-state index in [-0.39, 0.29) is 18.3 Å². The summed E-state index contributed by atoms with van der Waals surface area (Å²) in [5.74, 6) is -0.234. The number of carbonyl (C=O) groups excluding carboxylic acids is 1. The van der Waals surface area contributed by atoms with Crippen LogP contribution in [-0.2, 0) is 11.3 Å². The molecule has 7 heteroatoms. The molecule has 0 unspecified atom stereocenters. The lowest BCUT2D eigenvalue weighted by Gasteiger charge is -2.21. The van der Waals surface area contributed by atoms with Crippen LogP contribution in [0, 0.1) is 19.7 Å². The van der Waals surface area contributed by atoms with Crippen LogP contribution < -0.4 is 5.32 Å². The molecule has 1 aromatic carbocycles. The molecule has 4 rings (SSSR count). The van der Waals surface area contributed by atoms with Crippen molar-refractivity contribution in [2.75, 3.05) is 13.2 Å². The topological polar surface area (TPSA) is 79.9 Å². The number of ether oxygens (including phenoxy) is 1. The molecule has 0 radical (unpaired) electrons. The number of aromatic nitrogens is 3. The number of amides is 1. The molecule has 28 heavy (non-hydrogen) atoms. The maximum Gasteiger partial charge on any atom is 0.254 e. The standard InChI is InChI=1S/C21H23FN4O2/c1-12-18-17(26-20(12)14-5-7-28-8-6-14)4-3-15(19(18)22)9-24-21(27)16-10-23-11-25-13(16)2/h3-4,10-11,14,26H,5-9H2,1-2H3,(H,24,27). The Hall–Kier alpha value is -2.80. The van der Waals surface area contributed by atoms with Gasteiger partial charge in [0.2, 0.25) is 0 Å². The molecule has 3 heterocycles. The maximum absolute atomic E-state index is 15.2. The van der Waals surface area contributed by atoms with Crippen molar-refractivity contribution in [2.24, 2.45) is 0 Å². The van der Waals surface area contributed by atoms with E-state index in [1.165, 1.54) is 12.5 Å². The number of aromatic amines is 1. The van der Waals surface area contributed by atoms with Gasteiger partial charge in [-0.05, 0) is 38.3 Å². The molecule has 1 aliphatic heterocycles. The number of fused-ring (bicyclic) bond motifs is 1. The zero-order chi connectivity index (χ0) is 19.7. The molecule has 1 aliphatic rings. The number of aryl methyl sites for hydroxylation is 2. The first-order valence-corrected chi connectivity index (χ1v) is 9.48. The number of nitrogens with one attached hydrogen (secondary N) is 2. The van der Waals surface area contributed by atoms with Crippen LogP contribution in [0.2, 0.25) is 0 Å². The zero-order valence-corrected chi connectivity index (χ0v) is 16.0. The van der Waals surface area contributed by atoms with Crippen molar-refractivity contribution in [1.82, 2.24) is 20.3 Å². The minimum Gasteiger partial charge on any atom is -0.381 e. The summed E-state index contributed by atoms with van der Waals surface area (Å²) in [5.41, 5.74) is 4.26. The van der Waals surface area contributed by atoms with Gasteiger partial charge in [0.1, 0.15) is 12.1 Å². The maximum atomic E-state index is 15.2. The molecule has 0 spiro atoms. The largest absolute Gasteiger partial charge is 0.381 e. The monoisotopic (exact) mass is 382 g/mol. The lowest BCUT2D eigenvalue weighted by atomic mass is 9.93. The Morgan fingerprint density at radius 3 is 2.86 bits per heavy atom. The minimum absolute atomic E-state index is 0.103. The molecular weight excluding hydrogens is 359 g/mol. The number of halogens is 1. The summed E-state index contributed by atoms with van der Waals surface area (Å²) in [7, 11) is 0. The lowest BCUT2D eigenvalue weighted by molar-refractivity contribution is 0.0845. The SMILES string of the molecule is Cc1ncncc1C(=O)NCc1ccc2[nH]c(C3CCOCC3)c(C)c2c1F. The van der Waals surface area contributed by atoms with Gasteiger partial charge in [-0.3, -0.25) is 4.79 Å². The second kappa shape index (κ2) is 7.67. The molecule has 1 fully saturated rings. The smallest absolute Gasteiger partial charge is 0.254 e. The fraction of sp³-hybridized carbons (Fsp3) is 0.381. The van der Waals surface area contributed by atoms with Gasteiger partial charge >= 0.3 is 0 Å². The fourth-order valence-electron chi connectivity index (χ4n) is 3.88. The van der Waals surface area contributed by atoms with Crippen LogP contribution >= 0.6 is 0 Å². The number of carbonyl (C=O) groups is 1. The third kappa shape index (κ3) is 3.38. The summed E-state index contributed by atoms with van der Waals surface area (Å²) in [6, 6.07) is 3.60. The highest BCUT2D eigenvalue weighted by molar-refractivity contribution is 5.95. The van der Waals surface area contributed by atoms with E-state index in [1.807, 2.05) is 13.0 Å². The van der Waals surface area contributed by atoms with Crippen molar-refractivity contribution in [3.63, 3.8) is 0 Å². The van der Waals surface area contributed by atoms with Gasteiger partial charge in [0.15, 0.2) is 0 Å². The van der Waals surface area contributed by atoms with Gasteiger partial charge in [0.25, 0.3) is 5.91 Å². The minimum atomic E-state index is -0.314. The van der Waals surface area contributed by atoms with Crippen molar-refractivity contribution in [3.05, 3.63) is 58.6 Å². The molecule has 1 saturated heterocycles. The Labute approximate surface area is 162 Å². The van der Waals surface area contributed by atoms with Crippen molar-refractivity contribution < 1.29 is 13.9 Å². The lowest BCUT2D eigenvalue weighted by Crippen LogP contribution is -2.24. The summed E-state index contributed by atoms with van der Waals surface area (Å²) >= 11 is 0. The van der Waals surface area contributed by atoms with Crippen LogP contribution in [0.25, 0.3) is 10.9 Å². The Morgan fingerprint density at radius 1 is 1.32 bits per heavy atom. The van der Waals surface area contributed by atoms with E-state index in [9.17, 15) is 4.79 Å². The Morgan fingerprint density at radius 2 is 2.11 bits per heavy atom. The predicted molar refractivity (Wildman–Crippen MR) is 104 cm³/mol. The van der Waals surface area contributed by atoms with Crippen LogP contribution in [0.1, 0.15) is 51.6 Å². The van der Waals surface area contributed by atoms with E-state index in [1.54, 1.807) is 13.0 Å². The average molecular weight is 382 g/mol. The Kier molecular flexibility index (Phi) is 5.09. The Balaban J connectivity index is 1.58. The van der Waals surface area contributed by atoms with Gasteiger partial charge in [-0.2, -0.15) is 0 Å². The van der Waals surface area contributed by atoms with Gasteiger partial charge < -0.3 is 15.0 Å². The summed E-state index contributed by atoms with van der Waals surface area (Å²) in [4.78, 5) is 23.7. The fourth-order valence-corrected chi connectivity index (χ4v) is 3.88. The third-order valence-electron chi connectivity index (χ3n) is 5.50. The number of H-pyrrole nitrogens is 1. The normalized spacial score (nSPS) is 15.1. The van der Waals surface area contributed by atoms with E-state index >= 15 is 4.39 Å². The first-order valence-electron chi connectivity index (χ1n) is 9.48. The summed E-state index contributed by atoms with van der Waals surface area (Å²) in [6.45, 7) is 5.28. The van der Waals surface area contributed by atoms with Crippen LogP contribution in [0.3, 0.4) is 0 Å². The van der Waals surface area contributed by atoms with Gasteiger partial charge in [-0.25, -0.2) is 14.4 Å². The summed E-state index contributed by atoms with van der Waals surface area (Å²) in [6.07, 6.45) is 4.74. The van der Waals surface area contributed by atoms with Gasteiger partial charge in [-0.15, -0.1) is 0 Å². The van der Waals surface area contributed by atoms with Crippen molar-refractivity contribution in [3.8, 4) is 0 Å². The first-order chi connectivity index (χ1) is 13.6. The molecule has 0 aliphatic carbocycles. The molecule has 0 atom stereocenters. The summed E-state index contributed by atoms with van der Waals surface area (Å²) < 4.78 is 20.7. The quantitative estimate of drug-likeness (QED) is 0.723. The van der Waals surface area contributed by atoms with Gasteiger partial charge in [0, 0.05) is 54.0 Å². The number of benzene rings is 1. The van der Waals surface area contributed by atoms with Crippen LogP contribution in [0.4, 0.5) is 4.39 Å². The molecule has 6 nitrogen and oxygen atoms in total. The number of nitrogens with zero attached hydrogens (tertiary/aromatic N) is 2. The molecule has 0 saturated carbocycles. The Bertz CT molecular complexity index is 1020. The van der Waals surface area contributed by atoms with E-state index in [0.29, 0.717) is 28.1 Å². The van der Waals surface area contributed by atoms with Gasteiger partial charge in [0.05, 0.1) is 11.3 Å². The predicted octanol–water partition coefficient (Wildman–Crippen LogP) is 3.54. The zero-order valence-electron chi connectivity index (χ0n) is 16.0. The third-order valence-corrected chi connectivity index (χ3v) is 5.50. The van der Waals surface area contributed by atoms with Crippen LogP contribution in [0.15, 0.2) is 24.7 Å². The van der Waals surface area contributed by atoms with Crippen LogP contribution in [-0.4, -0.2) is 34.1 Å². The molecule has 2 aromatic heterocycles. The van der Waals surface area contributed by atoms with Gasteiger partial charge in [-0.1, -0.05) is 6.07 Å². The van der Waals surface area contributed by atoms with E-state index in [0.717, 1.165) is 42.8 Å². The molecule has 1 amide bonds. The second-order valence-corrected chi connectivity index (χ2v) is 7.22. The van der Waals surface area contributed by atoms with E-state index < -0.39 is 0 Å². The molecular formula is C21H23FN4O2. The van der Waals surface area contributed by atoms with Crippen molar-refractivity contribution >= 4 is 16.8 Å². The molecule has 2 N–H and O–H groups in total. The first kappa shape index (κ1) is 18.6.